The summed E-state index contributed by atoms with van der Waals surface area (Å²) in [5, 5.41) is 5.86. The van der Waals surface area contributed by atoms with Gasteiger partial charge in [-0.2, -0.15) is 0 Å². The van der Waals surface area contributed by atoms with Crippen LogP contribution in [0.3, 0.4) is 0 Å². The quantitative estimate of drug-likeness (QED) is 0.628. The highest BCUT2D eigenvalue weighted by Crippen LogP contribution is 1.94. The van der Waals surface area contributed by atoms with E-state index in [0.29, 0.717) is 12.8 Å². The van der Waals surface area contributed by atoms with Crippen molar-refractivity contribution in [1.82, 2.24) is 10.6 Å². The van der Waals surface area contributed by atoms with E-state index in [9.17, 15) is 9.59 Å². The fourth-order valence-corrected chi connectivity index (χ4v) is 1.07. The van der Waals surface area contributed by atoms with Crippen molar-refractivity contribution in [1.29, 1.82) is 0 Å². The lowest BCUT2D eigenvalue weighted by molar-refractivity contribution is -0.125. The van der Waals surface area contributed by atoms with Gasteiger partial charge in [0.25, 0.3) is 0 Å². The molecule has 0 saturated heterocycles. The molecule has 0 fully saturated rings. The Hall–Kier alpha value is -0.900. The lowest BCUT2D eigenvalue weighted by atomic mass is 10.2. The van der Waals surface area contributed by atoms with Gasteiger partial charge in [0.2, 0.25) is 5.91 Å². The van der Waals surface area contributed by atoms with Crippen LogP contribution in [-0.2, 0) is 9.59 Å². The number of nitrogens with one attached hydrogen (secondary N) is 2. The van der Waals surface area contributed by atoms with Crippen LogP contribution < -0.4 is 10.6 Å². The summed E-state index contributed by atoms with van der Waals surface area (Å²) in [5.74, 6) is 0.0202. The summed E-state index contributed by atoms with van der Waals surface area (Å²) in [6.07, 6.45) is 1.55. The smallest absolute Gasteiger partial charge is 0.220 e. The van der Waals surface area contributed by atoms with Gasteiger partial charge in [0.15, 0.2) is 0 Å². The molecule has 0 aliphatic carbocycles. The number of carbonyl (C=O) groups excluding carboxylic acids is 2. The van der Waals surface area contributed by atoms with Gasteiger partial charge in [-0.25, -0.2) is 0 Å². The van der Waals surface area contributed by atoms with E-state index in [1.54, 1.807) is 0 Å². The van der Waals surface area contributed by atoms with Crippen molar-refractivity contribution in [3.05, 3.63) is 0 Å². The van der Waals surface area contributed by atoms with Crippen molar-refractivity contribution in [2.45, 2.75) is 39.2 Å². The summed E-state index contributed by atoms with van der Waals surface area (Å²) in [5.41, 5.74) is 0. The number of hydrogen-bond acceptors (Lipinski definition) is 3. The third kappa shape index (κ3) is 7.73. The molecule has 0 aromatic heterocycles. The fourth-order valence-electron chi connectivity index (χ4n) is 1.07. The van der Waals surface area contributed by atoms with E-state index in [-0.39, 0.29) is 17.7 Å². The van der Waals surface area contributed by atoms with Gasteiger partial charge in [-0.3, -0.25) is 4.79 Å². The van der Waals surface area contributed by atoms with E-state index in [2.05, 4.69) is 10.6 Å². The third-order valence-corrected chi connectivity index (χ3v) is 1.94. The van der Waals surface area contributed by atoms with Crippen LogP contribution in [-0.4, -0.2) is 31.3 Å². The van der Waals surface area contributed by atoms with E-state index < -0.39 is 0 Å². The van der Waals surface area contributed by atoms with Crippen molar-refractivity contribution >= 4 is 11.7 Å². The Kier molecular flexibility index (Phi) is 7.02. The maximum absolute atomic E-state index is 11.2. The predicted octanol–water partition coefficient (Wildman–Crippen LogP) is 0.470. The summed E-state index contributed by atoms with van der Waals surface area (Å²) in [7, 11) is 1.88. The Morgan fingerprint density at radius 3 is 2.43 bits per heavy atom. The lowest BCUT2D eigenvalue weighted by Crippen LogP contribution is -2.34. The maximum Gasteiger partial charge on any atom is 0.220 e. The second kappa shape index (κ2) is 7.50. The highest BCUT2D eigenvalue weighted by atomic mass is 16.2. The van der Waals surface area contributed by atoms with Crippen molar-refractivity contribution in [2.24, 2.45) is 0 Å². The standard InChI is InChI=1S/C10H20N2O2/c1-8(6-7-11-3)12-10(14)5-4-9(2)13/h8,11H,4-7H2,1-3H3,(H,12,14). The first-order valence-electron chi connectivity index (χ1n) is 4.99. The van der Waals surface area contributed by atoms with E-state index in [0.717, 1.165) is 13.0 Å². The highest BCUT2D eigenvalue weighted by molar-refractivity contribution is 5.83. The van der Waals surface area contributed by atoms with Crippen LogP contribution in [0.4, 0.5) is 0 Å². The maximum atomic E-state index is 11.2. The molecule has 0 bridgehead atoms. The van der Waals surface area contributed by atoms with Crippen molar-refractivity contribution < 1.29 is 9.59 Å². The van der Waals surface area contributed by atoms with Gasteiger partial charge >= 0.3 is 0 Å². The lowest BCUT2D eigenvalue weighted by Gasteiger charge is -2.12. The molecule has 82 valence electrons. The largest absolute Gasteiger partial charge is 0.354 e. The number of Topliss-reactive ketones (excluding diaryl/α,β-unsaturated/α-hetero) is 1. The van der Waals surface area contributed by atoms with Gasteiger partial charge in [0.05, 0.1) is 0 Å². The molecular weight excluding hydrogens is 180 g/mol. The predicted molar refractivity (Wildman–Crippen MR) is 56.1 cm³/mol. The third-order valence-electron chi connectivity index (χ3n) is 1.94. The summed E-state index contributed by atoms with van der Waals surface area (Å²) in [4.78, 5) is 21.9. The van der Waals surface area contributed by atoms with Gasteiger partial charge in [0.1, 0.15) is 5.78 Å². The van der Waals surface area contributed by atoms with E-state index >= 15 is 0 Å². The molecule has 0 aliphatic heterocycles. The number of amides is 1. The molecular formula is C10H20N2O2. The first kappa shape index (κ1) is 13.1. The molecule has 1 unspecified atom stereocenters. The molecule has 0 rings (SSSR count). The van der Waals surface area contributed by atoms with Gasteiger partial charge in [0, 0.05) is 18.9 Å². The molecule has 0 spiro atoms. The van der Waals surface area contributed by atoms with Crippen LogP contribution in [0.1, 0.15) is 33.1 Å². The van der Waals surface area contributed by atoms with Crippen molar-refractivity contribution in [3.8, 4) is 0 Å². The van der Waals surface area contributed by atoms with Crippen LogP contribution in [0.2, 0.25) is 0 Å². The summed E-state index contributed by atoms with van der Waals surface area (Å²) in [6.45, 7) is 4.34. The van der Waals surface area contributed by atoms with Crippen LogP contribution >= 0.6 is 0 Å². The number of carbonyl (C=O) groups is 2. The van der Waals surface area contributed by atoms with Crippen LogP contribution in [0, 0.1) is 0 Å². The molecule has 14 heavy (non-hydrogen) atoms. The van der Waals surface area contributed by atoms with Gasteiger partial charge < -0.3 is 15.4 Å². The number of ketones is 1. The molecule has 0 aromatic rings. The van der Waals surface area contributed by atoms with Crippen LogP contribution in [0.25, 0.3) is 0 Å². The minimum atomic E-state index is -0.0381. The molecule has 0 aromatic carbocycles. The van der Waals surface area contributed by atoms with Crippen molar-refractivity contribution in [3.63, 3.8) is 0 Å². The first-order chi connectivity index (χ1) is 6.56. The second-order valence-corrected chi connectivity index (χ2v) is 3.56. The van der Waals surface area contributed by atoms with Gasteiger partial charge in [-0.05, 0) is 33.9 Å². The highest BCUT2D eigenvalue weighted by Gasteiger charge is 2.07. The summed E-state index contributed by atoms with van der Waals surface area (Å²) >= 11 is 0. The summed E-state index contributed by atoms with van der Waals surface area (Å²) in [6, 6.07) is 0.168. The van der Waals surface area contributed by atoms with E-state index in [4.69, 9.17) is 0 Å². The summed E-state index contributed by atoms with van der Waals surface area (Å²) < 4.78 is 0. The van der Waals surface area contributed by atoms with E-state index in [1.807, 2.05) is 14.0 Å². The molecule has 2 N–H and O–H groups in total. The SMILES string of the molecule is CNCCC(C)NC(=O)CCC(C)=O. The minimum absolute atomic E-state index is 0.0381. The second-order valence-electron chi connectivity index (χ2n) is 3.56. The first-order valence-corrected chi connectivity index (χ1v) is 4.99. The normalized spacial score (nSPS) is 12.2. The molecule has 0 aliphatic rings. The average Bonchev–Trinajstić information content (AvgIpc) is 2.11. The minimum Gasteiger partial charge on any atom is -0.354 e. The van der Waals surface area contributed by atoms with Crippen molar-refractivity contribution in [2.75, 3.05) is 13.6 Å². The zero-order valence-electron chi connectivity index (χ0n) is 9.22. The molecule has 4 nitrogen and oxygen atoms in total. The molecule has 1 amide bonds. The zero-order chi connectivity index (χ0) is 11.0. The van der Waals surface area contributed by atoms with Crippen LogP contribution in [0.15, 0.2) is 0 Å². The molecule has 1 atom stereocenters. The van der Waals surface area contributed by atoms with Gasteiger partial charge in [-0.15, -0.1) is 0 Å². The van der Waals surface area contributed by atoms with E-state index in [1.165, 1.54) is 6.92 Å². The molecule has 0 radical (unpaired) electrons. The monoisotopic (exact) mass is 200 g/mol. The zero-order valence-corrected chi connectivity index (χ0v) is 9.22. The van der Waals surface area contributed by atoms with Gasteiger partial charge in [-0.1, -0.05) is 0 Å². The Morgan fingerprint density at radius 2 is 1.93 bits per heavy atom. The topological polar surface area (TPSA) is 58.2 Å². The molecule has 0 heterocycles. The Labute approximate surface area is 85.4 Å². The average molecular weight is 200 g/mol. The van der Waals surface area contributed by atoms with Crippen LogP contribution in [0.5, 0.6) is 0 Å². The molecule has 0 saturated carbocycles. The Bertz CT molecular complexity index is 193. The molecule has 4 heteroatoms. The Morgan fingerprint density at radius 1 is 1.29 bits per heavy atom. The Balaban J connectivity index is 3.55. The number of hydrogen-bond donors (Lipinski definition) is 2. The number of rotatable bonds is 7. The fraction of sp³-hybridized carbons (Fsp3) is 0.800.